The van der Waals surface area contributed by atoms with Crippen LogP contribution in [0.1, 0.15) is 24.8 Å². The molecule has 2 saturated heterocycles. The molecule has 1 aromatic heterocycles. The van der Waals surface area contributed by atoms with Gasteiger partial charge in [-0.25, -0.2) is 0 Å². The van der Waals surface area contributed by atoms with Gasteiger partial charge in [-0.15, -0.1) is 0 Å². The Bertz CT molecular complexity index is 632. The van der Waals surface area contributed by atoms with Gasteiger partial charge in [-0.3, -0.25) is 14.7 Å². The topological polar surface area (TPSA) is 59.9 Å². The number of nitrogens with zero attached hydrogens (tertiary/aromatic N) is 4. The van der Waals surface area contributed by atoms with Gasteiger partial charge in [0, 0.05) is 64.1 Å². The third kappa shape index (κ3) is 4.33. The van der Waals surface area contributed by atoms with E-state index >= 15 is 0 Å². The minimum Gasteiger partial charge on any atom is -0.391 e. The highest BCUT2D eigenvalue weighted by Crippen LogP contribution is 2.38. The number of aliphatic hydroxyl groups is 1. The second kappa shape index (κ2) is 8.25. The summed E-state index contributed by atoms with van der Waals surface area (Å²) in [5, 5.41) is 10.7. The summed E-state index contributed by atoms with van der Waals surface area (Å²) in [6, 6.07) is 4.22. The first-order valence-electron chi connectivity index (χ1n) is 10.4. The molecule has 0 aromatic carbocycles. The van der Waals surface area contributed by atoms with Gasteiger partial charge in [0.15, 0.2) is 0 Å². The summed E-state index contributed by atoms with van der Waals surface area (Å²) in [7, 11) is 2.16. The molecule has 1 N–H and O–H groups in total. The van der Waals surface area contributed by atoms with Gasteiger partial charge in [-0.2, -0.15) is 0 Å². The summed E-state index contributed by atoms with van der Waals surface area (Å²) in [4.78, 5) is 23.7. The monoisotopic (exact) mass is 372 g/mol. The Morgan fingerprint density at radius 1 is 1.19 bits per heavy atom. The van der Waals surface area contributed by atoms with Crippen LogP contribution in [-0.4, -0.2) is 89.2 Å². The molecule has 0 radical (unpaired) electrons. The van der Waals surface area contributed by atoms with Crippen molar-refractivity contribution < 1.29 is 9.90 Å². The van der Waals surface area contributed by atoms with Crippen molar-refractivity contribution in [3.63, 3.8) is 0 Å². The van der Waals surface area contributed by atoms with Crippen molar-refractivity contribution in [2.75, 3.05) is 46.3 Å². The van der Waals surface area contributed by atoms with Gasteiger partial charge in [0.25, 0.3) is 0 Å². The number of aliphatic hydroxyl groups excluding tert-OH is 1. The van der Waals surface area contributed by atoms with Crippen molar-refractivity contribution in [3.05, 3.63) is 30.1 Å². The average Bonchev–Trinajstić information content (AvgIpc) is 3.10. The van der Waals surface area contributed by atoms with Gasteiger partial charge < -0.3 is 14.9 Å². The zero-order valence-corrected chi connectivity index (χ0v) is 16.3. The van der Waals surface area contributed by atoms with Crippen LogP contribution in [0, 0.1) is 11.8 Å². The van der Waals surface area contributed by atoms with Crippen molar-refractivity contribution >= 4 is 5.91 Å². The summed E-state index contributed by atoms with van der Waals surface area (Å²) in [5.74, 6) is 1.25. The smallest absolute Gasteiger partial charge is 0.222 e. The van der Waals surface area contributed by atoms with Crippen molar-refractivity contribution in [3.8, 4) is 0 Å². The molecular weight excluding hydrogens is 340 g/mol. The number of piperazine rings is 1. The molecule has 6 nitrogen and oxygen atoms in total. The van der Waals surface area contributed by atoms with Crippen LogP contribution in [0.4, 0.5) is 0 Å². The summed E-state index contributed by atoms with van der Waals surface area (Å²) >= 11 is 0. The predicted molar refractivity (Wildman–Crippen MR) is 104 cm³/mol. The van der Waals surface area contributed by atoms with Crippen LogP contribution >= 0.6 is 0 Å². The first kappa shape index (κ1) is 18.8. The summed E-state index contributed by atoms with van der Waals surface area (Å²) in [6.45, 7) is 5.94. The van der Waals surface area contributed by atoms with Crippen LogP contribution in [0.15, 0.2) is 24.5 Å². The van der Waals surface area contributed by atoms with Gasteiger partial charge in [-0.1, -0.05) is 6.07 Å². The summed E-state index contributed by atoms with van der Waals surface area (Å²) < 4.78 is 0. The van der Waals surface area contributed by atoms with Crippen LogP contribution in [-0.2, 0) is 11.2 Å². The number of pyridine rings is 1. The number of carbonyl (C=O) groups excluding carboxylic acids is 1. The third-order valence-corrected chi connectivity index (χ3v) is 6.82. The third-order valence-electron chi connectivity index (χ3n) is 6.82. The van der Waals surface area contributed by atoms with Crippen LogP contribution in [0.3, 0.4) is 0 Å². The molecule has 3 heterocycles. The van der Waals surface area contributed by atoms with Crippen molar-refractivity contribution in [2.24, 2.45) is 11.8 Å². The molecule has 1 saturated carbocycles. The van der Waals surface area contributed by atoms with Crippen LogP contribution in [0.5, 0.6) is 0 Å². The Labute approximate surface area is 162 Å². The van der Waals surface area contributed by atoms with Crippen LogP contribution < -0.4 is 0 Å². The van der Waals surface area contributed by atoms with E-state index in [1.54, 1.807) is 6.20 Å². The molecular formula is C21H32N4O2. The fourth-order valence-corrected chi connectivity index (χ4v) is 5.11. The quantitative estimate of drug-likeness (QED) is 0.850. The van der Waals surface area contributed by atoms with E-state index in [-0.39, 0.29) is 18.1 Å². The first-order valence-corrected chi connectivity index (χ1v) is 10.4. The molecule has 0 unspecified atom stereocenters. The van der Waals surface area contributed by atoms with Crippen molar-refractivity contribution in [2.45, 2.75) is 37.8 Å². The second-order valence-corrected chi connectivity index (χ2v) is 8.63. The number of carbonyl (C=O) groups is 1. The maximum absolute atomic E-state index is 12.7. The highest BCUT2D eigenvalue weighted by molar-refractivity contribution is 5.76. The highest BCUT2D eigenvalue weighted by Gasteiger charge is 2.44. The minimum absolute atomic E-state index is 0.249. The Kier molecular flexibility index (Phi) is 5.76. The SMILES string of the molecule is CN1CCN([C@@H]2C[C@@H]3CN(C(=O)CCc4cccnc4)C[C@@H]3C[C@H]2O)CC1. The lowest BCUT2D eigenvalue weighted by Crippen LogP contribution is -2.55. The number of aryl methyl sites for hydroxylation is 1. The van der Waals surface area contributed by atoms with E-state index in [9.17, 15) is 9.90 Å². The maximum atomic E-state index is 12.7. The first-order chi connectivity index (χ1) is 13.1. The Morgan fingerprint density at radius 3 is 2.63 bits per heavy atom. The summed E-state index contributed by atoms with van der Waals surface area (Å²) in [6.07, 6.45) is 6.53. The fraction of sp³-hybridized carbons (Fsp3) is 0.714. The molecule has 148 valence electrons. The van der Waals surface area contributed by atoms with E-state index < -0.39 is 0 Å². The average molecular weight is 373 g/mol. The van der Waals surface area contributed by atoms with E-state index in [0.29, 0.717) is 18.3 Å². The normalized spacial score (nSPS) is 32.4. The molecule has 3 fully saturated rings. The van der Waals surface area contributed by atoms with Crippen LogP contribution in [0.2, 0.25) is 0 Å². The molecule has 4 atom stereocenters. The summed E-state index contributed by atoms with van der Waals surface area (Å²) in [5.41, 5.74) is 1.12. The number of amides is 1. The van der Waals surface area contributed by atoms with Crippen molar-refractivity contribution in [1.29, 1.82) is 0 Å². The number of likely N-dealkylation sites (tertiary alicyclic amines) is 1. The predicted octanol–water partition coefficient (Wildman–Crippen LogP) is 0.859. The molecule has 2 aliphatic heterocycles. The number of aromatic nitrogens is 1. The van der Waals surface area contributed by atoms with E-state index in [2.05, 4.69) is 21.8 Å². The number of likely N-dealkylation sites (N-methyl/N-ethyl adjacent to an activating group) is 1. The molecule has 6 heteroatoms. The van der Waals surface area contributed by atoms with E-state index in [1.165, 1.54) is 0 Å². The number of hydrogen-bond donors (Lipinski definition) is 1. The molecule has 27 heavy (non-hydrogen) atoms. The standard InChI is InChI=1S/C21H32N4O2/c1-23-7-9-24(10-8-23)19-11-17-14-25(15-18(17)12-20(19)26)21(27)5-4-16-3-2-6-22-13-16/h2-3,6,13,17-20,26H,4-5,7-12,14-15H2,1H3/t17-,18+,19-,20-/m1/s1. The Morgan fingerprint density at radius 2 is 1.93 bits per heavy atom. The molecule has 1 aromatic rings. The Hall–Kier alpha value is -1.50. The molecule has 3 aliphatic rings. The largest absolute Gasteiger partial charge is 0.391 e. The van der Waals surface area contributed by atoms with Gasteiger partial charge >= 0.3 is 0 Å². The van der Waals surface area contributed by atoms with E-state index in [4.69, 9.17) is 0 Å². The molecule has 0 spiro atoms. The zero-order valence-electron chi connectivity index (χ0n) is 16.3. The molecule has 0 bridgehead atoms. The van der Waals surface area contributed by atoms with Crippen molar-refractivity contribution in [1.82, 2.24) is 19.7 Å². The minimum atomic E-state index is -0.250. The van der Waals surface area contributed by atoms with E-state index in [1.807, 2.05) is 23.2 Å². The van der Waals surface area contributed by atoms with Gasteiger partial charge in [0.2, 0.25) is 5.91 Å². The Balaban J connectivity index is 1.31. The van der Waals surface area contributed by atoms with Gasteiger partial charge in [0.1, 0.15) is 0 Å². The number of hydrogen-bond acceptors (Lipinski definition) is 5. The number of rotatable bonds is 4. The molecule has 1 amide bonds. The lowest BCUT2D eigenvalue weighted by Gasteiger charge is -2.44. The molecule has 4 rings (SSSR count). The molecule has 1 aliphatic carbocycles. The second-order valence-electron chi connectivity index (χ2n) is 8.63. The number of fused-ring (bicyclic) bond motifs is 1. The van der Waals surface area contributed by atoms with Gasteiger partial charge in [-0.05, 0) is 49.8 Å². The van der Waals surface area contributed by atoms with Crippen LogP contribution in [0.25, 0.3) is 0 Å². The lowest BCUT2D eigenvalue weighted by atomic mass is 9.77. The maximum Gasteiger partial charge on any atom is 0.222 e. The fourth-order valence-electron chi connectivity index (χ4n) is 5.11. The van der Waals surface area contributed by atoms with E-state index in [0.717, 1.165) is 64.1 Å². The highest BCUT2D eigenvalue weighted by atomic mass is 16.3. The zero-order chi connectivity index (χ0) is 18.8. The van der Waals surface area contributed by atoms with Gasteiger partial charge in [0.05, 0.1) is 6.10 Å². The lowest BCUT2D eigenvalue weighted by molar-refractivity contribution is -0.130.